The van der Waals surface area contributed by atoms with Crippen molar-refractivity contribution in [3.05, 3.63) is 60.2 Å². The van der Waals surface area contributed by atoms with Crippen molar-refractivity contribution in [2.45, 2.75) is 0 Å². The van der Waals surface area contributed by atoms with E-state index in [2.05, 4.69) is 4.98 Å². The Hall–Kier alpha value is -2.49. The van der Waals surface area contributed by atoms with Gasteiger partial charge in [0.1, 0.15) is 11.5 Å². The highest BCUT2D eigenvalue weighted by molar-refractivity contribution is 5.75. The molecule has 0 aliphatic heterocycles. The van der Waals surface area contributed by atoms with Gasteiger partial charge in [0.05, 0.1) is 11.4 Å². The molecule has 3 nitrogen and oxygen atoms in total. The third-order valence-corrected chi connectivity index (χ3v) is 2.79. The second kappa shape index (κ2) is 4.07. The van der Waals surface area contributed by atoms with E-state index in [0.29, 0.717) is 22.6 Å². The zero-order chi connectivity index (χ0) is 12.5. The van der Waals surface area contributed by atoms with Crippen molar-refractivity contribution in [3.8, 4) is 11.3 Å². The first-order valence-electron chi connectivity index (χ1n) is 5.48. The molecular weight excluding hydrogens is 231 g/mol. The SMILES string of the molecule is O=Cc1cccc2nc(-c3ccccc3F)cn12. The maximum atomic E-state index is 13.7. The van der Waals surface area contributed by atoms with Crippen molar-refractivity contribution in [1.29, 1.82) is 0 Å². The van der Waals surface area contributed by atoms with Crippen LogP contribution in [0.5, 0.6) is 0 Å². The number of carbonyl (C=O) groups is 1. The first-order valence-corrected chi connectivity index (χ1v) is 5.48. The molecule has 18 heavy (non-hydrogen) atoms. The molecule has 0 saturated heterocycles. The summed E-state index contributed by atoms with van der Waals surface area (Å²) in [6.45, 7) is 0. The summed E-state index contributed by atoms with van der Waals surface area (Å²) in [5.74, 6) is -0.325. The van der Waals surface area contributed by atoms with E-state index in [9.17, 15) is 9.18 Å². The molecule has 0 amide bonds. The first kappa shape index (κ1) is 10.7. The normalized spacial score (nSPS) is 10.7. The largest absolute Gasteiger partial charge is 0.296 e. The molecule has 0 aliphatic rings. The number of aldehydes is 1. The maximum absolute atomic E-state index is 13.7. The van der Waals surface area contributed by atoms with Crippen LogP contribution < -0.4 is 0 Å². The van der Waals surface area contributed by atoms with Gasteiger partial charge in [0, 0.05) is 11.8 Å². The number of fused-ring (bicyclic) bond motifs is 1. The number of hydrogen-bond acceptors (Lipinski definition) is 2. The van der Waals surface area contributed by atoms with Crippen LogP contribution in [0.1, 0.15) is 10.5 Å². The van der Waals surface area contributed by atoms with Gasteiger partial charge in [-0.2, -0.15) is 0 Å². The van der Waals surface area contributed by atoms with Crippen LogP contribution >= 0.6 is 0 Å². The average Bonchev–Trinajstić information content (AvgIpc) is 2.82. The lowest BCUT2D eigenvalue weighted by Crippen LogP contribution is -1.92. The standard InChI is InChI=1S/C14H9FN2O/c15-12-6-2-1-5-11(12)13-8-17-10(9-18)4-3-7-14(17)16-13/h1-9H. The summed E-state index contributed by atoms with van der Waals surface area (Å²) >= 11 is 0. The Morgan fingerprint density at radius 2 is 1.94 bits per heavy atom. The lowest BCUT2D eigenvalue weighted by molar-refractivity contribution is 0.111. The molecule has 0 N–H and O–H groups in total. The van der Waals surface area contributed by atoms with E-state index < -0.39 is 0 Å². The summed E-state index contributed by atoms with van der Waals surface area (Å²) in [4.78, 5) is 15.2. The van der Waals surface area contributed by atoms with Crippen molar-refractivity contribution in [3.63, 3.8) is 0 Å². The van der Waals surface area contributed by atoms with Gasteiger partial charge in [0.2, 0.25) is 0 Å². The number of aromatic nitrogens is 2. The van der Waals surface area contributed by atoms with E-state index >= 15 is 0 Å². The zero-order valence-corrected chi connectivity index (χ0v) is 9.38. The van der Waals surface area contributed by atoms with E-state index in [-0.39, 0.29) is 5.82 Å². The third kappa shape index (κ3) is 1.59. The summed E-state index contributed by atoms with van der Waals surface area (Å²) in [7, 11) is 0. The van der Waals surface area contributed by atoms with Gasteiger partial charge in [-0.25, -0.2) is 9.37 Å². The van der Waals surface area contributed by atoms with Gasteiger partial charge in [-0.15, -0.1) is 0 Å². The van der Waals surface area contributed by atoms with Gasteiger partial charge in [0.15, 0.2) is 6.29 Å². The van der Waals surface area contributed by atoms with Crippen LogP contribution in [0.2, 0.25) is 0 Å². The smallest absolute Gasteiger partial charge is 0.166 e. The predicted octanol–water partition coefficient (Wildman–Crippen LogP) is 2.95. The van der Waals surface area contributed by atoms with Gasteiger partial charge < -0.3 is 0 Å². The van der Waals surface area contributed by atoms with Crippen molar-refractivity contribution >= 4 is 11.9 Å². The summed E-state index contributed by atoms with van der Waals surface area (Å²) in [6, 6.07) is 11.6. The van der Waals surface area contributed by atoms with E-state index in [1.807, 2.05) is 0 Å². The van der Waals surface area contributed by atoms with E-state index in [4.69, 9.17) is 0 Å². The van der Waals surface area contributed by atoms with Crippen LogP contribution in [0.15, 0.2) is 48.7 Å². The van der Waals surface area contributed by atoms with Crippen LogP contribution in [0, 0.1) is 5.82 Å². The fourth-order valence-corrected chi connectivity index (χ4v) is 1.93. The van der Waals surface area contributed by atoms with Crippen molar-refractivity contribution in [2.75, 3.05) is 0 Å². The van der Waals surface area contributed by atoms with Crippen LogP contribution in [0.3, 0.4) is 0 Å². The summed E-state index contributed by atoms with van der Waals surface area (Å²) < 4.78 is 15.3. The Morgan fingerprint density at radius 1 is 1.11 bits per heavy atom. The molecular formula is C14H9FN2O. The average molecular weight is 240 g/mol. The fraction of sp³-hybridized carbons (Fsp3) is 0. The quantitative estimate of drug-likeness (QED) is 0.645. The van der Waals surface area contributed by atoms with Crippen molar-refractivity contribution in [1.82, 2.24) is 9.38 Å². The number of pyridine rings is 1. The minimum atomic E-state index is -0.325. The summed E-state index contributed by atoms with van der Waals surface area (Å²) in [5.41, 5.74) is 2.06. The fourth-order valence-electron chi connectivity index (χ4n) is 1.93. The molecule has 3 rings (SSSR count). The minimum absolute atomic E-state index is 0.325. The molecule has 0 aliphatic carbocycles. The number of carbonyl (C=O) groups excluding carboxylic acids is 1. The van der Waals surface area contributed by atoms with Gasteiger partial charge in [0.25, 0.3) is 0 Å². The lowest BCUT2D eigenvalue weighted by Gasteiger charge is -1.97. The lowest BCUT2D eigenvalue weighted by atomic mass is 10.1. The number of rotatable bonds is 2. The molecule has 0 radical (unpaired) electrons. The number of hydrogen-bond donors (Lipinski definition) is 0. The monoisotopic (exact) mass is 240 g/mol. The highest BCUT2D eigenvalue weighted by Crippen LogP contribution is 2.22. The second-order valence-corrected chi connectivity index (χ2v) is 3.90. The second-order valence-electron chi connectivity index (χ2n) is 3.90. The predicted molar refractivity (Wildman–Crippen MR) is 66.0 cm³/mol. The van der Waals surface area contributed by atoms with Crippen LogP contribution in [0.25, 0.3) is 16.9 Å². The van der Waals surface area contributed by atoms with Crippen molar-refractivity contribution < 1.29 is 9.18 Å². The molecule has 0 bridgehead atoms. The number of benzene rings is 1. The molecule has 3 aromatic rings. The Kier molecular flexibility index (Phi) is 2.41. The number of nitrogens with zero attached hydrogens (tertiary/aromatic N) is 2. The third-order valence-electron chi connectivity index (χ3n) is 2.79. The molecule has 0 spiro atoms. The Bertz CT molecular complexity index is 733. The van der Waals surface area contributed by atoms with E-state index in [0.717, 1.165) is 6.29 Å². The first-order chi connectivity index (χ1) is 8.79. The summed E-state index contributed by atoms with van der Waals surface area (Å²) in [6.07, 6.45) is 2.41. The molecule has 0 unspecified atom stereocenters. The van der Waals surface area contributed by atoms with Gasteiger partial charge in [-0.1, -0.05) is 18.2 Å². The number of halogens is 1. The molecule has 88 valence electrons. The zero-order valence-electron chi connectivity index (χ0n) is 9.38. The molecule has 0 saturated carbocycles. The van der Waals surface area contributed by atoms with Crippen LogP contribution in [-0.4, -0.2) is 15.7 Å². The Morgan fingerprint density at radius 3 is 2.72 bits per heavy atom. The molecule has 2 heterocycles. The van der Waals surface area contributed by atoms with Crippen molar-refractivity contribution in [2.24, 2.45) is 0 Å². The van der Waals surface area contributed by atoms with Crippen LogP contribution in [0.4, 0.5) is 4.39 Å². The Balaban J connectivity index is 2.26. The molecule has 0 fully saturated rings. The van der Waals surface area contributed by atoms with Crippen LogP contribution in [-0.2, 0) is 0 Å². The molecule has 4 heteroatoms. The summed E-state index contributed by atoms with van der Waals surface area (Å²) in [5, 5.41) is 0. The van der Waals surface area contributed by atoms with Gasteiger partial charge in [-0.3, -0.25) is 9.20 Å². The maximum Gasteiger partial charge on any atom is 0.166 e. The highest BCUT2D eigenvalue weighted by atomic mass is 19.1. The molecule has 0 atom stereocenters. The molecule has 1 aromatic carbocycles. The van der Waals surface area contributed by atoms with E-state index in [1.165, 1.54) is 6.07 Å². The van der Waals surface area contributed by atoms with Gasteiger partial charge in [-0.05, 0) is 24.3 Å². The van der Waals surface area contributed by atoms with E-state index in [1.54, 1.807) is 47.0 Å². The minimum Gasteiger partial charge on any atom is -0.296 e. The topological polar surface area (TPSA) is 34.4 Å². The van der Waals surface area contributed by atoms with Gasteiger partial charge >= 0.3 is 0 Å². The number of imidazole rings is 1. The molecule has 2 aromatic heterocycles. The highest BCUT2D eigenvalue weighted by Gasteiger charge is 2.09. The Labute approximate surface area is 103 Å².